The number of aliphatic imine (C=N–C) groups is 1. The summed E-state index contributed by atoms with van der Waals surface area (Å²) in [5.41, 5.74) is 10.2. The molecule has 0 spiro atoms. The molecule has 0 aromatic rings. The maximum atomic E-state index is 8.52. The summed E-state index contributed by atoms with van der Waals surface area (Å²) < 4.78 is 68.2. The lowest BCUT2D eigenvalue weighted by Gasteiger charge is -2.06. The van der Waals surface area contributed by atoms with E-state index in [2.05, 4.69) is 16.7 Å². The Morgan fingerprint density at radius 3 is 1.58 bits per heavy atom. The summed E-state index contributed by atoms with van der Waals surface area (Å²) in [5.74, 6) is 1.15. The minimum Gasteiger partial charge on any atom is -0.759 e. The molecule has 15 heteroatoms. The molecule has 0 unspecified atom stereocenters. The summed E-state index contributed by atoms with van der Waals surface area (Å²) in [6, 6.07) is 0. The lowest BCUT2D eigenvalue weighted by molar-refractivity contribution is 0.350. The molecule has 11 nitrogen and oxygen atoms in total. The molecule has 0 atom stereocenters. The maximum absolute atomic E-state index is 8.52. The van der Waals surface area contributed by atoms with Crippen LogP contribution in [0.15, 0.2) is 4.99 Å². The van der Waals surface area contributed by atoms with Gasteiger partial charge in [-0.2, -0.15) is 0 Å². The lowest BCUT2D eigenvalue weighted by Crippen LogP contribution is -2.22. The van der Waals surface area contributed by atoms with Crippen molar-refractivity contribution in [1.82, 2.24) is 0 Å². The first-order valence-electron chi connectivity index (χ1n) is 3.92. The third kappa shape index (κ3) is 134. The molecule has 118 valence electrons. The molecule has 0 amide bonds. The highest BCUT2D eigenvalue weighted by Gasteiger charge is 1.83. The topological polar surface area (TPSA) is 225 Å². The van der Waals surface area contributed by atoms with E-state index < -0.39 is 20.8 Å². The van der Waals surface area contributed by atoms with E-state index >= 15 is 0 Å². The van der Waals surface area contributed by atoms with E-state index in [0.29, 0.717) is 6.54 Å². The van der Waals surface area contributed by atoms with Crippen molar-refractivity contribution >= 4 is 49.2 Å². The van der Waals surface area contributed by atoms with Gasteiger partial charge < -0.3 is 29.7 Å². The number of thiol groups is 1. The van der Waals surface area contributed by atoms with Crippen LogP contribution in [0.5, 0.6) is 0 Å². The number of hydrogen-bond acceptors (Lipinski definition) is 11. The molecule has 0 radical (unpaired) electrons. The quantitative estimate of drug-likeness (QED) is 0.0909. The smallest absolute Gasteiger partial charge is 0.185 e. The monoisotopic (exact) mass is 357 g/mol. The normalized spacial score (nSPS) is 10.4. The summed E-state index contributed by atoms with van der Waals surface area (Å²) in [7, 11) is -8.84. The molecule has 0 fully saturated rings. The van der Waals surface area contributed by atoms with E-state index in [9.17, 15) is 0 Å². The standard InChI is InChI=1S/C4H11N3S2.2H2O4S/c5-4(6)7-2-1-3-9-8;2*1-5(2,3)4/h8H,1-3H2,(H4,5,6,7);2*(H2,1,2,3,4)/p-4. The zero-order chi connectivity index (χ0) is 16.1. The second-order valence-corrected chi connectivity index (χ2v) is 5.38. The number of guanidine groups is 1. The molecule has 0 aliphatic heterocycles. The van der Waals surface area contributed by atoms with Gasteiger partial charge in [-0.3, -0.25) is 21.8 Å². The Bertz CT molecular complexity index is 381. The van der Waals surface area contributed by atoms with Crippen LogP contribution >= 0.6 is 22.5 Å². The highest BCUT2D eigenvalue weighted by molar-refractivity contribution is 8.68. The second kappa shape index (κ2) is 12.7. The average Bonchev–Trinajstić information content (AvgIpc) is 2.06. The summed E-state index contributed by atoms with van der Waals surface area (Å²) in [4.78, 5) is 3.79. The first-order chi connectivity index (χ1) is 8.27. The van der Waals surface area contributed by atoms with Gasteiger partial charge >= 0.3 is 0 Å². The summed E-state index contributed by atoms with van der Waals surface area (Å²) >= 11 is 3.95. The Balaban J connectivity index is -0.000000219. The minimum atomic E-state index is -5.17. The molecular formula is C4H11N3O8S4-4. The van der Waals surface area contributed by atoms with Crippen LogP contribution < -0.4 is 11.5 Å². The maximum Gasteiger partial charge on any atom is 0.185 e. The Kier molecular flexibility index (Phi) is 15.9. The van der Waals surface area contributed by atoms with Gasteiger partial charge in [0.1, 0.15) is 0 Å². The van der Waals surface area contributed by atoms with Crippen LogP contribution in [0.1, 0.15) is 6.42 Å². The molecule has 0 rings (SSSR count). The van der Waals surface area contributed by atoms with Crippen molar-refractivity contribution in [2.24, 2.45) is 16.5 Å². The van der Waals surface area contributed by atoms with E-state index in [4.69, 9.17) is 46.5 Å². The van der Waals surface area contributed by atoms with Gasteiger partial charge in [0.2, 0.25) is 0 Å². The molecule has 0 aromatic carbocycles. The second-order valence-electron chi connectivity index (χ2n) is 2.31. The highest BCUT2D eigenvalue weighted by Crippen LogP contribution is 2.05. The van der Waals surface area contributed by atoms with Crippen molar-refractivity contribution in [2.75, 3.05) is 12.3 Å². The van der Waals surface area contributed by atoms with E-state index in [0.717, 1.165) is 12.2 Å². The van der Waals surface area contributed by atoms with Gasteiger partial charge in [0, 0.05) is 33.1 Å². The van der Waals surface area contributed by atoms with Gasteiger partial charge in [0.05, 0.1) is 0 Å². The number of rotatable bonds is 4. The van der Waals surface area contributed by atoms with E-state index in [1.54, 1.807) is 0 Å². The van der Waals surface area contributed by atoms with Gasteiger partial charge in [-0.25, -0.2) is 0 Å². The van der Waals surface area contributed by atoms with Crippen LogP contribution in [0, 0.1) is 0 Å². The first kappa shape index (κ1) is 23.8. The van der Waals surface area contributed by atoms with Gasteiger partial charge in [0.25, 0.3) is 0 Å². The fourth-order valence-electron chi connectivity index (χ4n) is 0.337. The van der Waals surface area contributed by atoms with Crippen LogP contribution in [0.4, 0.5) is 0 Å². The zero-order valence-electron chi connectivity index (χ0n) is 9.16. The molecule has 0 saturated heterocycles. The van der Waals surface area contributed by atoms with Crippen molar-refractivity contribution in [3.63, 3.8) is 0 Å². The molecule has 0 aromatic heterocycles. The zero-order valence-corrected chi connectivity index (χ0v) is 12.5. The molecule has 0 aliphatic rings. The molecular weight excluding hydrogens is 346 g/mol. The Morgan fingerprint density at radius 2 is 1.37 bits per heavy atom. The fraction of sp³-hybridized carbons (Fsp3) is 0.750. The molecule has 0 aliphatic carbocycles. The molecule has 0 heterocycles. The Labute approximate surface area is 119 Å². The molecule has 0 saturated carbocycles. The number of nitrogens with two attached hydrogens (primary N) is 2. The highest BCUT2D eigenvalue weighted by atomic mass is 33.1. The van der Waals surface area contributed by atoms with Gasteiger partial charge in [0.15, 0.2) is 5.96 Å². The van der Waals surface area contributed by atoms with Crippen molar-refractivity contribution in [1.29, 1.82) is 0 Å². The predicted octanol–water partition coefficient (Wildman–Crippen LogP) is -2.45. The molecule has 4 N–H and O–H groups in total. The predicted molar refractivity (Wildman–Crippen MR) is 67.7 cm³/mol. The summed E-state index contributed by atoms with van der Waals surface area (Å²) in [6.07, 6.45) is 0.978. The van der Waals surface area contributed by atoms with E-state index in [-0.39, 0.29) is 5.96 Å². The first-order valence-corrected chi connectivity index (χ1v) is 8.63. The van der Waals surface area contributed by atoms with Crippen molar-refractivity contribution in [2.45, 2.75) is 6.42 Å². The van der Waals surface area contributed by atoms with Gasteiger partial charge in [-0.05, 0) is 6.42 Å². The van der Waals surface area contributed by atoms with E-state index in [1.165, 1.54) is 10.8 Å². The summed E-state index contributed by atoms with van der Waals surface area (Å²) in [5, 5.41) is 0. The Morgan fingerprint density at radius 1 is 1.05 bits per heavy atom. The third-order valence-electron chi connectivity index (χ3n) is 0.688. The lowest BCUT2D eigenvalue weighted by atomic mass is 10.5. The third-order valence-corrected chi connectivity index (χ3v) is 1.71. The largest absolute Gasteiger partial charge is 0.759 e. The van der Waals surface area contributed by atoms with E-state index in [1.807, 2.05) is 0 Å². The SMILES string of the molecule is NC(N)=NCCCSS.O=S(=O)([O-])[O-].O=S(=O)([O-])[O-]. The Hall–Kier alpha value is -0.290. The van der Waals surface area contributed by atoms with Gasteiger partial charge in [-0.1, -0.05) is 10.8 Å². The number of nitrogens with zero attached hydrogens (tertiary/aromatic N) is 1. The van der Waals surface area contributed by atoms with Crippen molar-refractivity contribution in [3.05, 3.63) is 0 Å². The van der Waals surface area contributed by atoms with Crippen LogP contribution in [0.25, 0.3) is 0 Å². The molecule has 19 heavy (non-hydrogen) atoms. The molecule has 0 bridgehead atoms. The summed E-state index contributed by atoms with van der Waals surface area (Å²) in [6.45, 7) is 0.704. The van der Waals surface area contributed by atoms with Crippen molar-refractivity contribution < 1.29 is 35.0 Å². The fourth-order valence-corrected chi connectivity index (χ4v) is 0.983. The minimum absolute atomic E-state index is 0.166. The van der Waals surface area contributed by atoms with Crippen LogP contribution in [-0.4, -0.2) is 53.3 Å². The van der Waals surface area contributed by atoms with Gasteiger partial charge in [-0.15, -0.1) is 11.7 Å². The number of hydrogen-bond donors (Lipinski definition) is 3. The van der Waals surface area contributed by atoms with Crippen LogP contribution in [0.2, 0.25) is 0 Å². The van der Waals surface area contributed by atoms with Crippen LogP contribution in [-0.2, 0) is 20.8 Å². The van der Waals surface area contributed by atoms with Crippen LogP contribution in [0.3, 0.4) is 0 Å². The average molecular weight is 357 g/mol. The van der Waals surface area contributed by atoms with Crippen molar-refractivity contribution in [3.8, 4) is 0 Å².